The lowest BCUT2D eigenvalue weighted by Crippen LogP contribution is -2.44. The molecule has 1 aromatic rings. The Labute approximate surface area is 131 Å². The molecule has 1 atom stereocenters. The lowest BCUT2D eigenvalue weighted by Gasteiger charge is -2.34. The molecule has 1 aliphatic rings. The molecular formula is C15H22N2O4S. The van der Waals surface area contributed by atoms with Crippen LogP contribution in [0.4, 0.5) is 5.69 Å². The number of benzene rings is 1. The molecule has 0 saturated carbocycles. The summed E-state index contributed by atoms with van der Waals surface area (Å²) in [5.74, 6) is 0.310. The number of hydrogen-bond donors (Lipinski definition) is 1. The van der Waals surface area contributed by atoms with Crippen molar-refractivity contribution < 1.29 is 17.9 Å². The van der Waals surface area contributed by atoms with Gasteiger partial charge in [0.25, 0.3) is 0 Å². The van der Waals surface area contributed by atoms with E-state index in [-0.39, 0.29) is 22.8 Å². The Morgan fingerprint density at radius 1 is 1.45 bits per heavy atom. The number of fused-ring (bicyclic) bond motifs is 1. The van der Waals surface area contributed by atoms with Gasteiger partial charge in [0.15, 0.2) is 0 Å². The average molecular weight is 326 g/mol. The molecule has 0 radical (unpaired) electrons. The molecule has 122 valence electrons. The molecule has 0 aliphatic carbocycles. The molecule has 7 heteroatoms. The molecule has 2 rings (SSSR count). The highest BCUT2D eigenvalue weighted by atomic mass is 32.2. The second-order valence-corrected chi connectivity index (χ2v) is 7.43. The standard InChI is InChI=1S/C15H22N2O4S/c1-5-16-22(19,20)12-6-7-14-13(8-12)17(9-11(4)21-14)15(18)10(2)3/h6-8,10-11,16H,5,9H2,1-4H3. The van der Waals surface area contributed by atoms with Crippen molar-refractivity contribution in [1.29, 1.82) is 0 Å². The second kappa shape index (κ2) is 6.26. The van der Waals surface area contributed by atoms with Gasteiger partial charge in [-0.15, -0.1) is 0 Å². The highest BCUT2D eigenvalue weighted by Gasteiger charge is 2.30. The lowest BCUT2D eigenvalue weighted by molar-refractivity contribution is -0.121. The number of nitrogens with one attached hydrogen (secondary N) is 1. The first-order chi connectivity index (χ1) is 10.3. The fourth-order valence-electron chi connectivity index (χ4n) is 2.38. The third kappa shape index (κ3) is 3.25. The van der Waals surface area contributed by atoms with Gasteiger partial charge in [-0.05, 0) is 25.1 Å². The molecule has 1 amide bonds. The van der Waals surface area contributed by atoms with Gasteiger partial charge in [-0.1, -0.05) is 20.8 Å². The molecule has 0 bridgehead atoms. The Morgan fingerprint density at radius 2 is 2.14 bits per heavy atom. The average Bonchev–Trinajstić information content (AvgIpc) is 2.44. The summed E-state index contributed by atoms with van der Waals surface area (Å²) in [4.78, 5) is 14.1. The van der Waals surface area contributed by atoms with Crippen LogP contribution in [-0.4, -0.2) is 33.5 Å². The largest absolute Gasteiger partial charge is 0.487 e. The Kier molecular flexibility index (Phi) is 4.77. The number of carbonyl (C=O) groups is 1. The molecule has 22 heavy (non-hydrogen) atoms. The molecule has 0 saturated heterocycles. The van der Waals surface area contributed by atoms with Crippen LogP contribution >= 0.6 is 0 Å². The van der Waals surface area contributed by atoms with Crippen LogP contribution in [0.2, 0.25) is 0 Å². The van der Waals surface area contributed by atoms with Crippen molar-refractivity contribution in [1.82, 2.24) is 4.72 Å². The summed E-state index contributed by atoms with van der Waals surface area (Å²) in [6.45, 7) is 7.96. The van der Waals surface area contributed by atoms with Gasteiger partial charge in [-0.25, -0.2) is 13.1 Å². The topological polar surface area (TPSA) is 75.7 Å². The van der Waals surface area contributed by atoms with Crippen molar-refractivity contribution in [3.8, 4) is 5.75 Å². The molecule has 1 aromatic carbocycles. The predicted octanol–water partition coefficient (Wildman–Crippen LogP) is 1.75. The van der Waals surface area contributed by atoms with Crippen molar-refractivity contribution in [2.45, 2.75) is 38.7 Å². The molecule has 1 unspecified atom stereocenters. The summed E-state index contributed by atoms with van der Waals surface area (Å²) in [6, 6.07) is 4.60. The number of sulfonamides is 1. The van der Waals surface area contributed by atoms with Crippen molar-refractivity contribution >= 4 is 21.6 Å². The van der Waals surface area contributed by atoms with E-state index in [9.17, 15) is 13.2 Å². The van der Waals surface area contributed by atoms with Gasteiger partial charge < -0.3 is 9.64 Å². The lowest BCUT2D eigenvalue weighted by atomic mass is 10.1. The zero-order valence-corrected chi connectivity index (χ0v) is 14.1. The van der Waals surface area contributed by atoms with E-state index < -0.39 is 10.0 Å². The number of carbonyl (C=O) groups excluding carboxylic acids is 1. The summed E-state index contributed by atoms with van der Waals surface area (Å²) in [5, 5.41) is 0. The minimum absolute atomic E-state index is 0.0469. The third-order valence-electron chi connectivity index (χ3n) is 3.39. The molecule has 0 spiro atoms. The van der Waals surface area contributed by atoms with E-state index in [1.807, 2.05) is 20.8 Å². The SMILES string of the molecule is CCNS(=O)(=O)c1ccc2c(c1)N(C(=O)C(C)C)CC(C)O2. The van der Waals surface area contributed by atoms with Crippen LogP contribution in [-0.2, 0) is 14.8 Å². The van der Waals surface area contributed by atoms with Crippen molar-refractivity contribution in [2.24, 2.45) is 5.92 Å². The molecular weight excluding hydrogens is 304 g/mol. The third-order valence-corrected chi connectivity index (χ3v) is 4.94. The number of hydrogen-bond acceptors (Lipinski definition) is 4. The molecule has 0 aromatic heterocycles. The van der Waals surface area contributed by atoms with Gasteiger partial charge in [0, 0.05) is 12.5 Å². The predicted molar refractivity (Wildman–Crippen MR) is 84.6 cm³/mol. The molecule has 1 heterocycles. The number of ether oxygens (including phenoxy) is 1. The summed E-state index contributed by atoms with van der Waals surface area (Å²) in [5.41, 5.74) is 0.510. The maximum Gasteiger partial charge on any atom is 0.240 e. The van der Waals surface area contributed by atoms with Gasteiger partial charge >= 0.3 is 0 Å². The van der Waals surface area contributed by atoms with Gasteiger partial charge in [-0.2, -0.15) is 0 Å². The van der Waals surface area contributed by atoms with Crippen molar-refractivity contribution in [3.05, 3.63) is 18.2 Å². The quantitative estimate of drug-likeness (QED) is 0.915. The Hall–Kier alpha value is -1.60. The molecule has 1 N–H and O–H groups in total. The number of nitrogens with zero attached hydrogens (tertiary/aromatic N) is 1. The van der Waals surface area contributed by atoms with E-state index in [4.69, 9.17) is 4.74 Å². The normalized spacial score (nSPS) is 18.0. The summed E-state index contributed by atoms with van der Waals surface area (Å²) in [6.07, 6.45) is -0.133. The number of anilines is 1. The second-order valence-electron chi connectivity index (χ2n) is 5.66. The van der Waals surface area contributed by atoms with E-state index in [1.165, 1.54) is 12.1 Å². The maximum atomic E-state index is 12.4. The molecule has 0 fully saturated rings. The molecule has 1 aliphatic heterocycles. The van der Waals surface area contributed by atoms with Gasteiger partial charge in [0.2, 0.25) is 15.9 Å². The van der Waals surface area contributed by atoms with Crippen LogP contribution in [0.1, 0.15) is 27.7 Å². The zero-order chi connectivity index (χ0) is 16.5. The fraction of sp³-hybridized carbons (Fsp3) is 0.533. The van der Waals surface area contributed by atoms with Crippen molar-refractivity contribution in [2.75, 3.05) is 18.0 Å². The van der Waals surface area contributed by atoms with Crippen LogP contribution < -0.4 is 14.4 Å². The number of amides is 1. The Balaban J connectivity index is 2.49. The van der Waals surface area contributed by atoms with Gasteiger partial charge in [-0.3, -0.25) is 4.79 Å². The highest BCUT2D eigenvalue weighted by Crippen LogP contribution is 2.36. The monoisotopic (exact) mass is 326 g/mol. The van der Waals surface area contributed by atoms with Crippen LogP contribution in [0.25, 0.3) is 0 Å². The first kappa shape index (κ1) is 16.8. The smallest absolute Gasteiger partial charge is 0.240 e. The van der Waals surface area contributed by atoms with Crippen LogP contribution in [0.3, 0.4) is 0 Å². The first-order valence-corrected chi connectivity index (χ1v) is 8.86. The van der Waals surface area contributed by atoms with Crippen molar-refractivity contribution in [3.63, 3.8) is 0 Å². The van der Waals surface area contributed by atoms with E-state index in [0.29, 0.717) is 24.5 Å². The minimum atomic E-state index is -3.57. The van der Waals surface area contributed by atoms with E-state index in [2.05, 4.69) is 4.72 Å². The van der Waals surface area contributed by atoms with E-state index >= 15 is 0 Å². The first-order valence-electron chi connectivity index (χ1n) is 7.38. The van der Waals surface area contributed by atoms with Crippen LogP contribution in [0, 0.1) is 5.92 Å². The Morgan fingerprint density at radius 3 is 2.73 bits per heavy atom. The van der Waals surface area contributed by atoms with E-state index in [1.54, 1.807) is 17.9 Å². The minimum Gasteiger partial charge on any atom is -0.487 e. The Bertz CT molecular complexity index is 670. The fourth-order valence-corrected chi connectivity index (χ4v) is 3.44. The summed E-state index contributed by atoms with van der Waals surface area (Å²) < 4.78 is 32.4. The van der Waals surface area contributed by atoms with Crippen LogP contribution in [0.5, 0.6) is 5.75 Å². The van der Waals surface area contributed by atoms with Crippen LogP contribution in [0.15, 0.2) is 23.1 Å². The highest BCUT2D eigenvalue weighted by molar-refractivity contribution is 7.89. The van der Waals surface area contributed by atoms with Gasteiger partial charge in [0.05, 0.1) is 17.1 Å². The number of rotatable bonds is 4. The maximum absolute atomic E-state index is 12.4. The summed E-state index contributed by atoms with van der Waals surface area (Å²) in [7, 11) is -3.57. The zero-order valence-electron chi connectivity index (χ0n) is 13.3. The summed E-state index contributed by atoms with van der Waals surface area (Å²) >= 11 is 0. The van der Waals surface area contributed by atoms with Gasteiger partial charge in [0.1, 0.15) is 11.9 Å². The van der Waals surface area contributed by atoms with E-state index in [0.717, 1.165) is 0 Å². The molecule has 6 nitrogen and oxygen atoms in total.